The first kappa shape index (κ1) is 20.2. The molecule has 144 valence electrons. The van der Waals surface area contributed by atoms with E-state index in [2.05, 4.69) is 16.7 Å². The molecule has 0 saturated carbocycles. The van der Waals surface area contributed by atoms with Crippen LogP contribution in [-0.2, 0) is 0 Å². The van der Waals surface area contributed by atoms with Crippen molar-refractivity contribution >= 4 is 35.0 Å². The molecule has 0 saturated heterocycles. The molecule has 0 unspecified atom stereocenters. The molecule has 0 amide bonds. The average Bonchev–Trinajstić information content (AvgIpc) is 2.72. The number of hydrogen-bond acceptors (Lipinski definition) is 3. The van der Waals surface area contributed by atoms with Gasteiger partial charge in [0.25, 0.3) is 5.56 Å². The van der Waals surface area contributed by atoms with Gasteiger partial charge in [-0.1, -0.05) is 59.7 Å². The number of nitrogens with one attached hydrogen (secondary N) is 1. The lowest BCUT2D eigenvalue weighted by atomic mass is 9.94. The number of ketones is 1. The molecule has 0 spiro atoms. The minimum Gasteiger partial charge on any atom is -0.321 e. The first-order valence-corrected chi connectivity index (χ1v) is 9.31. The molecule has 0 atom stereocenters. The van der Waals surface area contributed by atoms with Crippen LogP contribution in [0.1, 0.15) is 17.3 Å². The summed E-state index contributed by atoms with van der Waals surface area (Å²) < 4.78 is 0. The molecule has 3 rings (SSSR count). The van der Waals surface area contributed by atoms with Crippen LogP contribution in [0.4, 0.5) is 0 Å². The van der Waals surface area contributed by atoms with Crippen LogP contribution in [0.25, 0.3) is 22.0 Å². The average molecular weight is 403 g/mol. The van der Waals surface area contributed by atoms with Crippen molar-refractivity contribution in [2.24, 2.45) is 4.99 Å². The number of pyridine rings is 1. The Kier molecular flexibility index (Phi) is 6.37. The Bertz CT molecular complexity index is 1220. The van der Waals surface area contributed by atoms with E-state index in [4.69, 9.17) is 11.6 Å². The van der Waals surface area contributed by atoms with Crippen LogP contribution in [0.2, 0.25) is 5.02 Å². The smallest absolute Gasteiger partial charge is 0.260 e. The van der Waals surface area contributed by atoms with Gasteiger partial charge in [-0.15, -0.1) is 0 Å². The minimum absolute atomic E-state index is 0.0818. The van der Waals surface area contributed by atoms with Crippen LogP contribution < -0.4 is 5.56 Å². The second-order valence-corrected chi connectivity index (χ2v) is 6.83. The fourth-order valence-corrected chi connectivity index (χ4v) is 3.18. The summed E-state index contributed by atoms with van der Waals surface area (Å²) in [4.78, 5) is 32.2. The Labute approximate surface area is 173 Å². The SMILES string of the molecule is C=N\C=C/C=C(C)/C=C/C(=O)c1c(-c2ccccc2)c2cc(Cl)ccc2[nH]c1=O. The number of nitrogens with zero attached hydrogens (tertiary/aromatic N) is 1. The molecule has 4 nitrogen and oxygen atoms in total. The van der Waals surface area contributed by atoms with Crippen molar-refractivity contribution in [3.63, 3.8) is 0 Å². The Morgan fingerprint density at radius 3 is 2.62 bits per heavy atom. The second-order valence-electron chi connectivity index (χ2n) is 6.39. The summed E-state index contributed by atoms with van der Waals surface area (Å²) in [7, 11) is 0. The number of rotatable bonds is 6. The standard InChI is InChI=1S/C24H19ClN2O2/c1-16(7-6-14-26-2)10-13-21(28)23-22(17-8-4-3-5-9-17)19-15-18(25)11-12-20(19)27-24(23)29/h3-15H,2H2,1H3,(H,27,29)/b13-10+,14-6-,16-7+. The summed E-state index contributed by atoms with van der Waals surface area (Å²) in [6.07, 6.45) is 8.11. The number of aromatic amines is 1. The number of hydrogen-bond donors (Lipinski definition) is 1. The fraction of sp³-hybridized carbons (Fsp3) is 0.0417. The van der Waals surface area contributed by atoms with Crippen molar-refractivity contribution in [1.29, 1.82) is 0 Å². The Hall–Kier alpha value is -3.50. The molecule has 0 aliphatic heterocycles. The summed E-state index contributed by atoms with van der Waals surface area (Å²) in [5.41, 5.74) is 2.44. The zero-order valence-electron chi connectivity index (χ0n) is 15.9. The predicted molar refractivity (Wildman–Crippen MR) is 121 cm³/mol. The van der Waals surface area contributed by atoms with Gasteiger partial charge in [0.05, 0.1) is 5.56 Å². The van der Waals surface area contributed by atoms with Crippen LogP contribution in [0.3, 0.4) is 0 Å². The maximum atomic E-state index is 13.0. The third kappa shape index (κ3) is 4.68. The summed E-state index contributed by atoms with van der Waals surface area (Å²) >= 11 is 6.20. The molecule has 3 aromatic rings. The molecule has 1 heterocycles. The molecular formula is C24H19ClN2O2. The molecular weight excluding hydrogens is 384 g/mol. The molecule has 1 N–H and O–H groups in total. The van der Waals surface area contributed by atoms with E-state index in [1.54, 1.807) is 42.6 Å². The Morgan fingerprint density at radius 1 is 1.14 bits per heavy atom. The van der Waals surface area contributed by atoms with Gasteiger partial charge in [0.15, 0.2) is 5.78 Å². The lowest BCUT2D eigenvalue weighted by Gasteiger charge is -2.11. The Balaban J connectivity index is 2.19. The lowest BCUT2D eigenvalue weighted by Crippen LogP contribution is -2.18. The number of aromatic nitrogens is 1. The van der Waals surface area contributed by atoms with Gasteiger partial charge in [0.1, 0.15) is 0 Å². The number of fused-ring (bicyclic) bond motifs is 1. The number of carbonyl (C=O) groups excluding carboxylic acids is 1. The molecule has 0 fully saturated rings. The van der Waals surface area contributed by atoms with E-state index in [1.807, 2.05) is 37.3 Å². The summed E-state index contributed by atoms with van der Waals surface area (Å²) in [6, 6.07) is 14.6. The molecule has 0 bridgehead atoms. The van der Waals surface area contributed by atoms with Crippen molar-refractivity contribution in [3.05, 3.63) is 106 Å². The van der Waals surface area contributed by atoms with Crippen molar-refractivity contribution in [2.45, 2.75) is 6.92 Å². The highest BCUT2D eigenvalue weighted by Crippen LogP contribution is 2.31. The second kappa shape index (κ2) is 9.13. The van der Waals surface area contributed by atoms with E-state index < -0.39 is 5.56 Å². The lowest BCUT2D eigenvalue weighted by molar-refractivity contribution is 0.104. The number of carbonyl (C=O) groups is 1. The first-order chi connectivity index (χ1) is 14.0. The maximum absolute atomic E-state index is 13.0. The quantitative estimate of drug-likeness (QED) is 0.247. The zero-order valence-corrected chi connectivity index (χ0v) is 16.6. The number of H-pyrrole nitrogens is 1. The minimum atomic E-state index is -0.439. The van der Waals surface area contributed by atoms with Gasteiger partial charge in [0, 0.05) is 27.7 Å². The normalized spacial score (nSPS) is 12.1. The van der Waals surface area contributed by atoms with Crippen LogP contribution in [-0.4, -0.2) is 17.5 Å². The molecule has 1 aromatic heterocycles. The summed E-state index contributed by atoms with van der Waals surface area (Å²) in [5.74, 6) is -0.384. The van der Waals surface area contributed by atoms with Crippen LogP contribution in [0.15, 0.2) is 94.4 Å². The van der Waals surface area contributed by atoms with E-state index >= 15 is 0 Å². The highest BCUT2D eigenvalue weighted by molar-refractivity contribution is 6.31. The van der Waals surface area contributed by atoms with Gasteiger partial charge in [-0.3, -0.25) is 14.6 Å². The fourth-order valence-electron chi connectivity index (χ4n) is 3.01. The molecule has 29 heavy (non-hydrogen) atoms. The predicted octanol–water partition coefficient (Wildman–Crippen LogP) is 5.75. The number of benzene rings is 2. The van der Waals surface area contributed by atoms with E-state index in [1.165, 1.54) is 6.08 Å². The van der Waals surface area contributed by atoms with Gasteiger partial charge in [-0.05, 0) is 49.6 Å². The van der Waals surface area contributed by atoms with Gasteiger partial charge in [-0.25, -0.2) is 0 Å². The van der Waals surface area contributed by atoms with Crippen molar-refractivity contribution in [2.75, 3.05) is 0 Å². The highest BCUT2D eigenvalue weighted by Gasteiger charge is 2.19. The molecule has 2 aromatic carbocycles. The topological polar surface area (TPSA) is 62.3 Å². The molecule has 0 radical (unpaired) electrons. The van der Waals surface area contributed by atoms with Gasteiger partial charge in [-0.2, -0.15) is 0 Å². The summed E-state index contributed by atoms with van der Waals surface area (Å²) in [5, 5.41) is 1.24. The first-order valence-electron chi connectivity index (χ1n) is 8.94. The number of allylic oxidation sites excluding steroid dienone is 5. The molecule has 0 aliphatic carbocycles. The third-order valence-corrected chi connectivity index (χ3v) is 4.57. The van der Waals surface area contributed by atoms with E-state index in [0.29, 0.717) is 21.5 Å². The number of halogens is 1. The molecule has 0 aliphatic rings. The number of aliphatic imine (C=N–C) groups is 1. The van der Waals surface area contributed by atoms with E-state index in [9.17, 15) is 9.59 Å². The Morgan fingerprint density at radius 2 is 1.90 bits per heavy atom. The maximum Gasteiger partial charge on any atom is 0.260 e. The van der Waals surface area contributed by atoms with Crippen molar-refractivity contribution in [1.82, 2.24) is 4.98 Å². The van der Waals surface area contributed by atoms with Crippen molar-refractivity contribution in [3.8, 4) is 11.1 Å². The highest BCUT2D eigenvalue weighted by atomic mass is 35.5. The molecule has 5 heteroatoms. The van der Waals surface area contributed by atoms with E-state index in [-0.39, 0.29) is 11.3 Å². The zero-order chi connectivity index (χ0) is 20.8. The van der Waals surface area contributed by atoms with Crippen LogP contribution in [0, 0.1) is 0 Å². The van der Waals surface area contributed by atoms with Crippen LogP contribution >= 0.6 is 11.6 Å². The van der Waals surface area contributed by atoms with E-state index in [0.717, 1.165) is 11.1 Å². The van der Waals surface area contributed by atoms with Crippen LogP contribution in [0.5, 0.6) is 0 Å². The van der Waals surface area contributed by atoms with Gasteiger partial charge in [0.2, 0.25) is 0 Å². The van der Waals surface area contributed by atoms with Gasteiger partial charge >= 0.3 is 0 Å². The van der Waals surface area contributed by atoms with Crippen molar-refractivity contribution < 1.29 is 4.79 Å². The monoisotopic (exact) mass is 402 g/mol. The summed E-state index contributed by atoms with van der Waals surface area (Å²) in [6.45, 7) is 5.21. The third-order valence-electron chi connectivity index (χ3n) is 4.33. The van der Waals surface area contributed by atoms with Gasteiger partial charge < -0.3 is 4.98 Å². The largest absolute Gasteiger partial charge is 0.321 e.